The number of nitrogens with zero attached hydrogens (tertiary/aromatic N) is 1. The number of hydrogen-bond donors (Lipinski definition) is 1. The van der Waals surface area contributed by atoms with Gasteiger partial charge in [0.15, 0.2) is 0 Å². The zero-order valence-corrected chi connectivity index (χ0v) is 17.9. The number of nitrogens with one attached hydrogen (secondary N) is 1. The summed E-state index contributed by atoms with van der Waals surface area (Å²) in [5.74, 6) is -1.32. The molecule has 0 aliphatic heterocycles. The average Bonchev–Trinajstić information content (AvgIpc) is 3.09. The molecule has 156 valence electrons. The Morgan fingerprint density at radius 1 is 1.13 bits per heavy atom. The number of amides is 1. The maximum absolute atomic E-state index is 14.6. The van der Waals surface area contributed by atoms with E-state index in [2.05, 4.69) is 10.5 Å². The molecule has 0 radical (unpaired) electrons. The second-order valence-corrected chi connectivity index (χ2v) is 8.67. The van der Waals surface area contributed by atoms with Gasteiger partial charge in [0.05, 0.1) is 11.1 Å². The van der Waals surface area contributed by atoms with Gasteiger partial charge in [-0.05, 0) is 80.6 Å². The van der Waals surface area contributed by atoms with Crippen molar-refractivity contribution in [1.29, 1.82) is 0 Å². The molecule has 1 heterocycles. The second kappa shape index (κ2) is 8.75. The van der Waals surface area contributed by atoms with Gasteiger partial charge in [0.1, 0.15) is 17.2 Å². The molecule has 7 heteroatoms. The van der Waals surface area contributed by atoms with E-state index in [-0.39, 0.29) is 11.5 Å². The van der Waals surface area contributed by atoms with Crippen molar-refractivity contribution in [2.24, 2.45) is 5.16 Å². The van der Waals surface area contributed by atoms with Gasteiger partial charge in [-0.25, -0.2) is 8.78 Å². The van der Waals surface area contributed by atoms with Crippen molar-refractivity contribution in [2.75, 3.05) is 5.32 Å². The molecule has 0 aliphatic rings. The SMILES string of the molecule is Cc1ccsc1C(=O)Nc1ccc(F)cc1-c1ccc(/C=N/OC(C)(C)C)c(F)c1. The number of thiophene rings is 1. The summed E-state index contributed by atoms with van der Waals surface area (Å²) >= 11 is 1.32. The average molecular weight is 429 g/mol. The normalized spacial score (nSPS) is 11.7. The fourth-order valence-electron chi connectivity index (χ4n) is 2.69. The molecule has 0 fully saturated rings. The fraction of sp³-hybridized carbons (Fsp3) is 0.217. The standard InChI is InChI=1S/C23H22F2N2O2S/c1-14-9-10-30-21(14)22(28)27-20-8-7-17(24)12-18(20)15-5-6-16(19(25)11-15)13-26-29-23(2,3)4/h5-13H,1-4H3,(H,27,28)/b26-13+. The van der Waals surface area contributed by atoms with E-state index in [4.69, 9.17) is 4.84 Å². The number of rotatable bonds is 5. The van der Waals surface area contributed by atoms with E-state index < -0.39 is 17.2 Å². The van der Waals surface area contributed by atoms with E-state index in [1.807, 2.05) is 39.1 Å². The van der Waals surface area contributed by atoms with Crippen molar-refractivity contribution in [3.8, 4) is 11.1 Å². The topological polar surface area (TPSA) is 50.7 Å². The van der Waals surface area contributed by atoms with E-state index in [1.54, 1.807) is 6.07 Å². The molecule has 0 spiro atoms. The number of halogens is 2. The lowest BCUT2D eigenvalue weighted by atomic mass is 10.0. The predicted octanol–water partition coefficient (Wildman–Crippen LogP) is 6.40. The minimum Gasteiger partial charge on any atom is -0.390 e. The van der Waals surface area contributed by atoms with Crippen molar-refractivity contribution < 1.29 is 18.4 Å². The molecule has 2 aromatic carbocycles. The molecule has 4 nitrogen and oxygen atoms in total. The Kier molecular flexibility index (Phi) is 6.31. The van der Waals surface area contributed by atoms with Crippen LogP contribution in [0, 0.1) is 18.6 Å². The van der Waals surface area contributed by atoms with Crippen LogP contribution < -0.4 is 5.32 Å². The minimum absolute atomic E-state index is 0.235. The van der Waals surface area contributed by atoms with Crippen LogP contribution in [-0.2, 0) is 4.84 Å². The lowest BCUT2D eigenvalue weighted by Crippen LogP contribution is -2.15. The summed E-state index contributed by atoms with van der Waals surface area (Å²) in [7, 11) is 0. The molecule has 1 amide bonds. The number of aryl methyl sites for hydroxylation is 1. The first-order valence-electron chi connectivity index (χ1n) is 9.30. The Labute approximate surface area is 178 Å². The molecule has 1 N–H and O–H groups in total. The van der Waals surface area contributed by atoms with Crippen LogP contribution in [0.2, 0.25) is 0 Å². The Balaban J connectivity index is 1.90. The second-order valence-electron chi connectivity index (χ2n) is 7.75. The molecule has 1 aromatic heterocycles. The number of carbonyl (C=O) groups excluding carboxylic acids is 1. The van der Waals surface area contributed by atoms with Crippen molar-refractivity contribution >= 4 is 29.1 Å². The monoisotopic (exact) mass is 428 g/mol. The number of oxime groups is 1. The molecule has 30 heavy (non-hydrogen) atoms. The van der Waals surface area contributed by atoms with E-state index in [1.165, 1.54) is 47.9 Å². The number of hydrogen-bond acceptors (Lipinski definition) is 4. The van der Waals surface area contributed by atoms with Gasteiger partial charge >= 0.3 is 0 Å². The van der Waals surface area contributed by atoms with Gasteiger partial charge in [-0.15, -0.1) is 11.3 Å². The quantitative estimate of drug-likeness (QED) is 0.377. The highest BCUT2D eigenvalue weighted by Crippen LogP contribution is 2.31. The van der Waals surface area contributed by atoms with Crippen LogP contribution in [0.4, 0.5) is 14.5 Å². The van der Waals surface area contributed by atoms with E-state index >= 15 is 0 Å². The summed E-state index contributed by atoms with van der Waals surface area (Å²) in [5, 5.41) is 8.43. The lowest BCUT2D eigenvalue weighted by Gasteiger charge is -2.15. The van der Waals surface area contributed by atoms with Crippen molar-refractivity contribution in [2.45, 2.75) is 33.3 Å². The fourth-order valence-corrected chi connectivity index (χ4v) is 3.51. The third kappa shape index (κ3) is 5.30. The Morgan fingerprint density at radius 2 is 1.90 bits per heavy atom. The maximum atomic E-state index is 14.6. The molecule has 3 rings (SSSR count). The molecule has 0 aliphatic carbocycles. The first-order valence-corrected chi connectivity index (χ1v) is 10.2. The molecule has 0 atom stereocenters. The summed E-state index contributed by atoms with van der Waals surface area (Å²) in [6.45, 7) is 7.35. The molecule has 0 saturated carbocycles. The van der Waals surface area contributed by atoms with Crippen LogP contribution in [0.1, 0.15) is 41.6 Å². The largest absolute Gasteiger partial charge is 0.390 e. The molecule has 0 saturated heterocycles. The van der Waals surface area contributed by atoms with Gasteiger partial charge in [0, 0.05) is 16.8 Å². The lowest BCUT2D eigenvalue weighted by molar-refractivity contribution is 0.00196. The number of benzene rings is 2. The summed E-state index contributed by atoms with van der Waals surface area (Å²) < 4.78 is 28.5. The van der Waals surface area contributed by atoms with Crippen LogP contribution >= 0.6 is 11.3 Å². The van der Waals surface area contributed by atoms with E-state index in [0.29, 0.717) is 21.7 Å². The number of anilines is 1. The van der Waals surface area contributed by atoms with Crippen LogP contribution in [0.3, 0.4) is 0 Å². The third-order valence-electron chi connectivity index (χ3n) is 4.13. The van der Waals surface area contributed by atoms with Crippen molar-refractivity contribution in [3.63, 3.8) is 0 Å². The smallest absolute Gasteiger partial charge is 0.266 e. The van der Waals surface area contributed by atoms with Gasteiger partial charge in [0.25, 0.3) is 5.91 Å². The summed E-state index contributed by atoms with van der Waals surface area (Å²) in [4.78, 5) is 18.4. The van der Waals surface area contributed by atoms with Gasteiger partial charge in [-0.2, -0.15) is 0 Å². The summed E-state index contributed by atoms with van der Waals surface area (Å²) in [6.07, 6.45) is 1.29. The Bertz CT molecular complexity index is 1100. The molecular weight excluding hydrogens is 406 g/mol. The highest BCUT2D eigenvalue weighted by Gasteiger charge is 2.15. The Hall–Kier alpha value is -3.06. The minimum atomic E-state index is -0.538. The third-order valence-corrected chi connectivity index (χ3v) is 5.14. The van der Waals surface area contributed by atoms with E-state index in [9.17, 15) is 13.6 Å². The zero-order chi connectivity index (χ0) is 21.9. The van der Waals surface area contributed by atoms with Crippen molar-refractivity contribution in [3.05, 3.63) is 75.5 Å². The van der Waals surface area contributed by atoms with Crippen molar-refractivity contribution in [1.82, 2.24) is 0 Å². The summed E-state index contributed by atoms with van der Waals surface area (Å²) in [5.41, 5.74) is 1.81. The highest BCUT2D eigenvalue weighted by molar-refractivity contribution is 7.12. The summed E-state index contributed by atoms with van der Waals surface area (Å²) in [6, 6.07) is 10.3. The van der Waals surface area contributed by atoms with Crippen LogP contribution in [0.15, 0.2) is 53.0 Å². The number of carbonyl (C=O) groups is 1. The Morgan fingerprint density at radius 3 is 2.53 bits per heavy atom. The van der Waals surface area contributed by atoms with Crippen LogP contribution in [-0.4, -0.2) is 17.7 Å². The van der Waals surface area contributed by atoms with Gasteiger partial charge < -0.3 is 10.2 Å². The highest BCUT2D eigenvalue weighted by atomic mass is 32.1. The van der Waals surface area contributed by atoms with Gasteiger partial charge in [0.2, 0.25) is 0 Å². The van der Waals surface area contributed by atoms with Gasteiger partial charge in [-0.3, -0.25) is 4.79 Å². The van der Waals surface area contributed by atoms with Gasteiger partial charge in [-0.1, -0.05) is 11.2 Å². The van der Waals surface area contributed by atoms with Crippen LogP contribution in [0.5, 0.6) is 0 Å². The van der Waals surface area contributed by atoms with E-state index in [0.717, 1.165) is 5.56 Å². The molecule has 3 aromatic rings. The molecule has 0 unspecified atom stereocenters. The van der Waals surface area contributed by atoms with Crippen LogP contribution in [0.25, 0.3) is 11.1 Å². The zero-order valence-electron chi connectivity index (χ0n) is 17.1. The first kappa shape index (κ1) is 21.6. The maximum Gasteiger partial charge on any atom is 0.266 e. The molecular formula is C23H22F2N2O2S. The predicted molar refractivity (Wildman–Crippen MR) is 117 cm³/mol. The molecule has 0 bridgehead atoms. The first-order chi connectivity index (χ1) is 14.1.